The molecular weight excluding hydrogens is 274 g/mol. The fourth-order valence-electron chi connectivity index (χ4n) is 2.72. The van der Waals surface area contributed by atoms with Gasteiger partial charge in [0.15, 0.2) is 0 Å². The molecule has 0 saturated heterocycles. The van der Waals surface area contributed by atoms with Crippen molar-refractivity contribution in [3.63, 3.8) is 0 Å². The van der Waals surface area contributed by atoms with E-state index in [9.17, 15) is 0 Å². The molecule has 4 nitrogen and oxygen atoms in total. The molecule has 2 heterocycles. The maximum Gasteiger partial charge on any atom is 0.201 e. The fraction of sp³-hybridized carbons (Fsp3) is 0.267. The zero-order valence-electron chi connectivity index (χ0n) is 11.6. The predicted molar refractivity (Wildman–Crippen MR) is 81.2 cm³/mol. The normalized spacial score (nSPS) is 13.0. The second-order valence-corrected chi connectivity index (χ2v) is 5.40. The van der Waals surface area contributed by atoms with Gasteiger partial charge in [0.05, 0.1) is 22.1 Å². The predicted octanol–water partition coefficient (Wildman–Crippen LogP) is 4.09. The number of rotatable bonds is 2. The first kappa shape index (κ1) is 13.1. The number of nitrogens with zero attached hydrogens (tertiary/aromatic N) is 2. The van der Waals surface area contributed by atoms with Crippen LogP contribution < -0.4 is 5.73 Å². The van der Waals surface area contributed by atoms with Crippen LogP contribution in [-0.2, 0) is 0 Å². The molecule has 2 aromatic heterocycles. The molecule has 0 aliphatic rings. The van der Waals surface area contributed by atoms with Gasteiger partial charge in [-0.05, 0) is 39.0 Å². The Morgan fingerprint density at radius 2 is 2.10 bits per heavy atom. The van der Waals surface area contributed by atoms with Gasteiger partial charge >= 0.3 is 0 Å². The number of hydrogen-bond acceptors (Lipinski definition) is 3. The van der Waals surface area contributed by atoms with Gasteiger partial charge in [0.1, 0.15) is 11.5 Å². The number of halogens is 1. The molecule has 0 spiro atoms. The third kappa shape index (κ3) is 1.88. The molecule has 0 aliphatic carbocycles. The standard InChI is InChI=1S/C15H16ClN3O/c1-8-7-11(10(3)20-8)9(2)19-14-12(16)5-4-6-13(14)18-15(19)17/h4-7,9H,1-3H3,(H2,17,18). The summed E-state index contributed by atoms with van der Waals surface area (Å²) < 4.78 is 7.56. The average molecular weight is 290 g/mol. The summed E-state index contributed by atoms with van der Waals surface area (Å²) in [5, 5.41) is 0.649. The highest BCUT2D eigenvalue weighted by atomic mass is 35.5. The maximum absolute atomic E-state index is 6.31. The van der Waals surface area contributed by atoms with Crippen molar-refractivity contribution in [2.75, 3.05) is 5.73 Å². The number of nitrogens with two attached hydrogens (primary N) is 1. The topological polar surface area (TPSA) is 57.0 Å². The van der Waals surface area contributed by atoms with Crippen LogP contribution in [0.2, 0.25) is 5.02 Å². The van der Waals surface area contributed by atoms with Crippen LogP contribution in [0.3, 0.4) is 0 Å². The molecule has 20 heavy (non-hydrogen) atoms. The molecule has 104 valence electrons. The van der Waals surface area contributed by atoms with Crippen molar-refractivity contribution in [3.05, 3.63) is 46.4 Å². The molecule has 2 N–H and O–H groups in total. The summed E-state index contributed by atoms with van der Waals surface area (Å²) in [6.07, 6.45) is 0. The Hall–Kier alpha value is -1.94. The third-order valence-corrected chi connectivity index (χ3v) is 3.91. The Morgan fingerprint density at radius 1 is 1.35 bits per heavy atom. The lowest BCUT2D eigenvalue weighted by Crippen LogP contribution is -2.10. The van der Waals surface area contributed by atoms with E-state index < -0.39 is 0 Å². The number of hydrogen-bond donors (Lipinski definition) is 1. The SMILES string of the molecule is Cc1cc(C(C)n2c(N)nc3cccc(Cl)c32)c(C)o1. The van der Waals surface area contributed by atoms with Crippen LogP contribution in [0.4, 0.5) is 5.95 Å². The maximum atomic E-state index is 6.31. The minimum Gasteiger partial charge on any atom is -0.466 e. The van der Waals surface area contributed by atoms with E-state index in [0.717, 1.165) is 28.1 Å². The van der Waals surface area contributed by atoms with Crippen molar-refractivity contribution in [3.8, 4) is 0 Å². The van der Waals surface area contributed by atoms with E-state index in [1.54, 1.807) is 0 Å². The summed E-state index contributed by atoms with van der Waals surface area (Å²) in [6.45, 7) is 5.96. The van der Waals surface area contributed by atoms with E-state index in [0.29, 0.717) is 11.0 Å². The van der Waals surface area contributed by atoms with E-state index in [4.69, 9.17) is 21.8 Å². The highest BCUT2D eigenvalue weighted by molar-refractivity contribution is 6.35. The Morgan fingerprint density at radius 3 is 2.75 bits per heavy atom. The van der Waals surface area contributed by atoms with Gasteiger partial charge < -0.3 is 14.7 Å². The first-order valence-corrected chi connectivity index (χ1v) is 6.85. The van der Waals surface area contributed by atoms with Gasteiger partial charge in [0, 0.05) is 5.56 Å². The van der Waals surface area contributed by atoms with E-state index in [1.807, 2.05) is 42.7 Å². The van der Waals surface area contributed by atoms with Crippen LogP contribution in [0, 0.1) is 13.8 Å². The molecule has 1 unspecified atom stereocenters. The first-order chi connectivity index (χ1) is 9.49. The minimum atomic E-state index is 0.0114. The van der Waals surface area contributed by atoms with Crippen molar-refractivity contribution in [2.45, 2.75) is 26.8 Å². The van der Waals surface area contributed by atoms with Crippen molar-refractivity contribution in [1.82, 2.24) is 9.55 Å². The summed E-state index contributed by atoms with van der Waals surface area (Å²) in [5.74, 6) is 2.24. The summed E-state index contributed by atoms with van der Waals surface area (Å²) >= 11 is 6.31. The van der Waals surface area contributed by atoms with Crippen LogP contribution in [0.1, 0.15) is 30.0 Å². The first-order valence-electron chi connectivity index (χ1n) is 6.48. The second kappa shape index (κ2) is 4.56. The number of imidazole rings is 1. The molecule has 0 amide bonds. The molecule has 1 aromatic carbocycles. The monoisotopic (exact) mass is 289 g/mol. The number of aromatic nitrogens is 2. The number of nitrogen functional groups attached to an aromatic ring is 1. The number of benzene rings is 1. The number of anilines is 1. The molecule has 0 radical (unpaired) electrons. The van der Waals surface area contributed by atoms with E-state index in [2.05, 4.69) is 11.9 Å². The molecule has 3 aromatic rings. The molecule has 0 bridgehead atoms. The fourth-order valence-corrected chi connectivity index (χ4v) is 2.98. The van der Waals surface area contributed by atoms with Gasteiger partial charge in [-0.3, -0.25) is 0 Å². The summed E-state index contributed by atoms with van der Waals surface area (Å²) in [7, 11) is 0. The molecule has 0 fully saturated rings. The summed E-state index contributed by atoms with van der Waals surface area (Å²) in [4.78, 5) is 4.38. The smallest absolute Gasteiger partial charge is 0.201 e. The van der Waals surface area contributed by atoms with Crippen molar-refractivity contribution in [2.24, 2.45) is 0 Å². The van der Waals surface area contributed by atoms with Crippen LogP contribution in [0.25, 0.3) is 11.0 Å². The largest absolute Gasteiger partial charge is 0.466 e. The summed E-state index contributed by atoms with van der Waals surface area (Å²) in [6, 6.07) is 7.68. The molecular formula is C15H16ClN3O. The van der Waals surface area contributed by atoms with Gasteiger partial charge in [0.25, 0.3) is 0 Å². The molecule has 3 rings (SSSR count). The Balaban J connectivity index is 2.24. The lowest BCUT2D eigenvalue weighted by atomic mass is 10.1. The highest BCUT2D eigenvalue weighted by Gasteiger charge is 2.20. The molecule has 0 saturated carbocycles. The van der Waals surface area contributed by atoms with Crippen molar-refractivity contribution < 1.29 is 4.42 Å². The lowest BCUT2D eigenvalue weighted by molar-refractivity contribution is 0.495. The average Bonchev–Trinajstić information content (AvgIpc) is 2.89. The summed E-state index contributed by atoms with van der Waals surface area (Å²) in [5.41, 5.74) is 8.84. The Bertz CT molecular complexity index is 788. The molecule has 1 atom stereocenters. The van der Waals surface area contributed by atoms with Crippen LogP contribution in [0.5, 0.6) is 0 Å². The zero-order valence-corrected chi connectivity index (χ0v) is 12.4. The quantitative estimate of drug-likeness (QED) is 0.773. The van der Waals surface area contributed by atoms with Crippen LogP contribution >= 0.6 is 11.6 Å². The van der Waals surface area contributed by atoms with Gasteiger partial charge in [-0.15, -0.1) is 0 Å². The van der Waals surface area contributed by atoms with Gasteiger partial charge in [-0.2, -0.15) is 0 Å². The van der Waals surface area contributed by atoms with Crippen molar-refractivity contribution >= 4 is 28.6 Å². The zero-order chi connectivity index (χ0) is 14.4. The number of furan rings is 1. The Labute approximate surface area is 122 Å². The van der Waals surface area contributed by atoms with Crippen LogP contribution in [-0.4, -0.2) is 9.55 Å². The number of aryl methyl sites for hydroxylation is 2. The molecule has 0 aliphatic heterocycles. The van der Waals surface area contributed by atoms with E-state index in [1.165, 1.54) is 0 Å². The third-order valence-electron chi connectivity index (χ3n) is 3.60. The minimum absolute atomic E-state index is 0.0114. The number of para-hydroxylation sites is 1. The van der Waals surface area contributed by atoms with E-state index in [-0.39, 0.29) is 6.04 Å². The lowest BCUT2D eigenvalue weighted by Gasteiger charge is -2.16. The highest BCUT2D eigenvalue weighted by Crippen LogP contribution is 2.33. The Kier molecular flexibility index (Phi) is 2.98. The van der Waals surface area contributed by atoms with Gasteiger partial charge in [-0.1, -0.05) is 17.7 Å². The molecule has 5 heteroatoms. The van der Waals surface area contributed by atoms with Gasteiger partial charge in [-0.25, -0.2) is 4.98 Å². The van der Waals surface area contributed by atoms with Gasteiger partial charge in [0.2, 0.25) is 5.95 Å². The van der Waals surface area contributed by atoms with Crippen LogP contribution in [0.15, 0.2) is 28.7 Å². The van der Waals surface area contributed by atoms with Crippen molar-refractivity contribution in [1.29, 1.82) is 0 Å². The second-order valence-electron chi connectivity index (χ2n) is 4.99. The van der Waals surface area contributed by atoms with E-state index >= 15 is 0 Å². The number of fused-ring (bicyclic) bond motifs is 1.